The van der Waals surface area contributed by atoms with Gasteiger partial charge in [0.25, 0.3) is 0 Å². The van der Waals surface area contributed by atoms with Crippen LogP contribution in [0.1, 0.15) is 58.3 Å². The zero-order chi connectivity index (χ0) is 16.1. The molecule has 1 rings (SSSR count). The Morgan fingerprint density at radius 3 is 2.32 bits per heavy atom. The Labute approximate surface area is 135 Å². The van der Waals surface area contributed by atoms with Gasteiger partial charge in [0.05, 0.1) is 4.90 Å². The van der Waals surface area contributed by atoms with E-state index in [2.05, 4.69) is 18.8 Å². The summed E-state index contributed by atoms with van der Waals surface area (Å²) in [6.45, 7) is 2.21. The molecule has 0 amide bonds. The van der Waals surface area contributed by atoms with Crippen molar-refractivity contribution < 1.29 is 8.42 Å². The van der Waals surface area contributed by atoms with Gasteiger partial charge in [0.15, 0.2) is 9.84 Å². The number of rotatable bonds is 9. The van der Waals surface area contributed by atoms with Crippen LogP contribution in [-0.2, 0) is 9.84 Å². The highest BCUT2D eigenvalue weighted by Gasteiger charge is 2.07. The fourth-order valence-electron chi connectivity index (χ4n) is 2.01. The molecule has 0 unspecified atom stereocenters. The maximum Gasteiger partial charge on any atom is 0.199 e. The van der Waals surface area contributed by atoms with Crippen LogP contribution in [0.4, 0.5) is 0 Å². The van der Waals surface area contributed by atoms with Crippen molar-refractivity contribution in [3.63, 3.8) is 0 Å². The fraction of sp³-hybridized carbons (Fsp3) is 0.474. The lowest BCUT2D eigenvalue weighted by molar-refractivity contribution is 0.604. The Kier molecular flexibility index (Phi) is 9.34. The molecule has 1 aromatic rings. The van der Waals surface area contributed by atoms with Crippen LogP contribution in [0.3, 0.4) is 0 Å². The summed E-state index contributed by atoms with van der Waals surface area (Å²) in [5.74, 6) is 6.34. The molecule has 120 valence electrons. The Morgan fingerprint density at radius 2 is 1.64 bits per heavy atom. The Bertz CT molecular complexity index is 589. The average Bonchev–Trinajstić information content (AvgIpc) is 2.53. The highest BCUT2D eigenvalue weighted by Crippen LogP contribution is 2.11. The van der Waals surface area contributed by atoms with Crippen LogP contribution >= 0.6 is 0 Å². The summed E-state index contributed by atoms with van der Waals surface area (Å²) in [5, 5.41) is 1.31. The van der Waals surface area contributed by atoms with E-state index in [0.29, 0.717) is 4.90 Å². The second kappa shape index (κ2) is 11.1. The van der Waals surface area contributed by atoms with E-state index >= 15 is 0 Å². The third-order valence-corrected chi connectivity index (χ3v) is 4.78. The quantitative estimate of drug-likeness (QED) is 0.468. The minimum atomic E-state index is -3.29. The highest BCUT2D eigenvalue weighted by molar-refractivity contribution is 7.94. The van der Waals surface area contributed by atoms with Crippen LogP contribution in [0.5, 0.6) is 0 Å². The minimum absolute atomic E-state index is 0.345. The van der Waals surface area contributed by atoms with Crippen molar-refractivity contribution in [2.75, 3.05) is 0 Å². The SMILES string of the molecule is CCCCCCC#CCCC/C=C\S(=O)(=O)c1ccccc1. The molecule has 0 aliphatic carbocycles. The molecule has 0 bridgehead atoms. The van der Waals surface area contributed by atoms with Crippen molar-refractivity contribution in [3.05, 3.63) is 41.8 Å². The van der Waals surface area contributed by atoms with E-state index < -0.39 is 9.84 Å². The zero-order valence-corrected chi connectivity index (χ0v) is 14.2. The Hall–Kier alpha value is -1.53. The van der Waals surface area contributed by atoms with E-state index in [0.717, 1.165) is 25.7 Å². The first-order chi connectivity index (χ1) is 10.7. The van der Waals surface area contributed by atoms with Gasteiger partial charge in [-0.1, -0.05) is 50.5 Å². The summed E-state index contributed by atoms with van der Waals surface area (Å²) in [4.78, 5) is 0.345. The van der Waals surface area contributed by atoms with Crippen molar-refractivity contribution in [1.29, 1.82) is 0 Å². The molecule has 2 nitrogen and oxygen atoms in total. The number of hydrogen-bond donors (Lipinski definition) is 0. The zero-order valence-electron chi connectivity index (χ0n) is 13.4. The lowest BCUT2D eigenvalue weighted by atomic mass is 10.1. The second-order valence-corrected chi connectivity index (χ2v) is 7.12. The molecular formula is C19H26O2S. The molecule has 0 atom stereocenters. The monoisotopic (exact) mass is 318 g/mol. The molecule has 0 aliphatic rings. The molecule has 0 N–H and O–H groups in total. The van der Waals surface area contributed by atoms with Crippen LogP contribution in [0, 0.1) is 11.8 Å². The van der Waals surface area contributed by atoms with E-state index in [-0.39, 0.29) is 0 Å². The first kappa shape index (κ1) is 18.5. The summed E-state index contributed by atoms with van der Waals surface area (Å²) < 4.78 is 24.0. The smallest absolute Gasteiger partial charge is 0.199 e. The summed E-state index contributed by atoms with van der Waals surface area (Å²) in [6, 6.07) is 8.50. The van der Waals surface area contributed by atoms with Gasteiger partial charge in [-0.3, -0.25) is 0 Å². The van der Waals surface area contributed by atoms with Gasteiger partial charge in [-0.25, -0.2) is 8.42 Å². The van der Waals surface area contributed by atoms with E-state index in [9.17, 15) is 8.42 Å². The molecule has 0 spiro atoms. The molecule has 22 heavy (non-hydrogen) atoms. The van der Waals surface area contributed by atoms with Crippen LogP contribution in [-0.4, -0.2) is 8.42 Å². The normalized spacial score (nSPS) is 11.3. The molecule has 0 aromatic heterocycles. The highest BCUT2D eigenvalue weighted by atomic mass is 32.2. The molecule has 1 aromatic carbocycles. The topological polar surface area (TPSA) is 34.1 Å². The van der Waals surface area contributed by atoms with Gasteiger partial charge in [-0.05, 0) is 31.4 Å². The molecule has 0 heterocycles. The molecular weight excluding hydrogens is 292 g/mol. The predicted octanol–water partition coefficient (Wildman–Crippen LogP) is 5.12. The number of hydrogen-bond acceptors (Lipinski definition) is 2. The largest absolute Gasteiger partial charge is 0.219 e. The third kappa shape index (κ3) is 8.05. The summed E-state index contributed by atoms with van der Waals surface area (Å²) in [6.07, 6.45) is 10.2. The Morgan fingerprint density at radius 1 is 0.955 bits per heavy atom. The lowest BCUT2D eigenvalue weighted by Crippen LogP contribution is -1.95. The van der Waals surface area contributed by atoms with Crippen LogP contribution in [0.2, 0.25) is 0 Å². The molecule has 0 fully saturated rings. The number of allylic oxidation sites excluding steroid dienone is 1. The van der Waals surface area contributed by atoms with E-state index in [1.54, 1.807) is 30.3 Å². The van der Waals surface area contributed by atoms with Gasteiger partial charge in [-0.2, -0.15) is 0 Å². The fourth-order valence-corrected chi connectivity index (χ4v) is 3.09. The van der Waals surface area contributed by atoms with Gasteiger partial charge in [0.2, 0.25) is 0 Å². The summed E-state index contributed by atoms with van der Waals surface area (Å²) in [7, 11) is -3.29. The van der Waals surface area contributed by atoms with Gasteiger partial charge in [0.1, 0.15) is 0 Å². The average molecular weight is 318 g/mol. The van der Waals surface area contributed by atoms with Gasteiger partial charge in [-0.15, -0.1) is 11.8 Å². The summed E-state index contributed by atoms with van der Waals surface area (Å²) in [5.41, 5.74) is 0. The summed E-state index contributed by atoms with van der Waals surface area (Å²) >= 11 is 0. The molecule has 0 radical (unpaired) electrons. The van der Waals surface area contributed by atoms with Crippen molar-refractivity contribution in [1.82, 2.24) is 0 Å². The number of unbranched alkanes of at least 4 members (excludes halogenated alkanes) is 6. The molecule has 0 saturated heterocycles. The lowest BCUT2D eigenvalue weighted by Gasteiger charge is -1.97. The third-order valence-electron chi connectivity index (χ3n) is 3.30. The number of sulfone groups is 1. The van der Waals surface area contributed by atoms with Crippen molar-refractivity contribution in [2.24, 2.45) is 0 Å². The molecule has 0 saturated carbocycles. The van der Waals surface area contributed by atoms with Gasteiger partial charge in [0, 0.05) is 18.2 Å². The minimum Gasteiger partial charge on any atom is -0.219 e. The maximum atomic E-state index is 12.0. The van der Waals surface area contributed by atoms with E-state index in [1.165, 1.54) is 31.1 Å². The van der Waals surface area contributed by atoms with Gasteiger partial charge < -0.3 is 0 Å². The van der Waals surface area contributed by atoms with Crippen molar-refractivity contribution in [2.45, 2.75) is 63.2 Å². The van der Waals surface area contributed by atoms with Gasteiger partial charge >= 0.3 is 0 Å². The maximum absolute atomic E-state index is 12.0. The van der Waals surface area contributed by atoms with Crippen LogP contribution in [0.15, 0.2) is 46.7 Å². The first-order valence-corrected chi connectivity index (χ1v) is 9.64. The van der Waals surface area contributed by atoms with Crippen molar-refractivity contribution >= 4 is 9.84 Å². The Balaban J connectivity index is 2.21. The van der Waals surface area contributed by atoms with Crippen LogP contribution < -0.4 is 0 Å². The first-order valence-electron chi connectivity index (χ1n) is 8.09. The molecule has 3 heteroatoms. The van der Waals surface area contributed by atoms with Crippen molar-refractivity contribution in [3.8, 4) is 11.8 Å². The molecule has 0 aliphatic heterocycles. The second-order valence-electron chi connectivity index (χ2n) is 5.29. The van der Waals surface area contributed by atoms with E-state index in [4.69, 9.17) is 0 Å². The standard InChI is InChI=1S/C19H26O2S/c1-2-3-4-5-6-7-8-9-10-11-15-18-22(20,21)19-16-13-12-14-17-19/h12-18H,2-6,9-11H2,1H3/b18-15-. The van der Waals surface area contributed by atoms with Crippen LogP contribution in [0.25, 0.3) is 0 Å². The number of benzene rings is 1. The predicted molar refractivity (Wildman–Crippen MR) is 93.2 cm³/mol. The van der Waals surface area contributed by atoms with E-state index in [1.807, 2.05) is 6.07 Å².